The van der Waals surface area contributed by atoms with Gasteiger partial charge in [0.25, 0.3) is 0 Å². The van der Waals surface area contributed by atoms with Gasteiger partial charge in [-0.15, -0.1) is 24.0 Å². The van der Waals surface area contributed by atoms with Crippen LogP contribution in [0.25, 0.3) is 0 Å². The second-order valence-corrected chi connectivity index (χ2v) is 6.05. The Bertz CT molecular complexity index is 797. The summed E-state index contributed by atoms with van der Waals surface area (Å²) >= 11 is 0. The van der Waals surface area contributed by atoms with Crippen molar-refractivity contribution in [1.29, 1.82) is 0 Å². The van der Waals surface area contributed by atoms with Crippen LogP contribution in [0.5, 0.6) is 17.2 Å². The number of para-hydroxylation sites is 2. The number of phenols is 1. The summed E-state index contributed by atoms with van der Waals surface area (Å²) < 4.78 is 10.8. The zero-order valence-electron chi connectivity index (χ0n) is 17.0. The normalized spacial score (nSPS) is 10.6. The summed E-state index contributed by atoms with van der Waals surface area (Å²) in [7, 11) is 1.55. The van der Waals surface area contributed by atoms with E-state index in [1.165, 1.54) is 0 Å². The number of hydrogen-bond acceptors (Lipinski definition) is 4. The number of methoxy groups -OCH3 is 1. The Kier molecular flexibility index (Phi) is 11.6. The Morgan fingerprint density at radius 2 is 1.83 bits per heavy atom. The van der Waals surface area contributed by atoms with Crippen LogP contribution in [0.1, 0.15) is 18.1 Å². The minimum Gasteiger partial charge on any atom is -0.504 e. The maximum Gasteiger partial charge on any atom is 0.191 e. The molecular weight excluding hydrogens is 481 g/mol. The first-order valence-electron chi connectivity index (χ1n) is 9.38. The number of aliphatic imine (C=N–C) groups is 1. The van der Waals surface area contributed by atoms with E-state index < -0.39 is 0 Å². The Morgan fingerprint density at radius 3 is 2.55 bits per heavy atom. The molecule has 0 fully saturated rings. The molecule has 6 nitrogen and oxygen atoms in total. The van der Waals surface area contributed by atoms with Crippen LogP contribution in [-0.4, -0.2) is 37.9 Å². The molecule has 158 valence electrons. The first-order valence-corrected chi connectivity index (χ1v) is 9.38. The summed E-state index contributed by atoms with van der Waals surface area (Å²) in [5.74, 6) is 2.18. The summed E-state index contributed by atoms with van der Waals surface area (Å²) in [5, 5.41) is 16.7. The van der Waals surface area contributed by atoms with Gasteiger partial charge in [0.05, 0.1) is 13.7 Å². The number of benzene rings is 2. The van der Waals surface area contributed by atoms with E-state index in [9.17, 15) is 5.11 Å². The highest BCUT2D eigenvalue weighted by atomic mass is 127. The van der Waals surface area contributed by atoms with Crippen molar-refractivity contribution >= 4 is 29.9 Å². The Balaban J connectivity index is 0.00000420. The van der Waals surface area contributed by atoms with Gasteiger partial charge in [-0.3, -0.25) is 0 Å². The number of halogens is 1. The molecule has 0 aliphatic carbocycles. The van der Waals surface area contributed by atoms with Crippen LogP contribution in [-0.2, 0) is 13.0 Å². The van der Waals surface area contributed by atoms with E-state index in [2.05, 4.69) is 22.2 Å². The monoisotopic (exact) mass is 511 g/mol. The number of guanidine groups is 1. The molecule has 0 saturated heterocycles. The van der Waals surface area contributed by atoms with Gasteiger partial charge in [0.1, 0.15) is 12.4 Å². The Morgan fingerprint density at radius 1 is 1.10 bits per heavy atom. The van der Waals surface area contributed by atoms with Gasteiger partial charge in [0.15, 0.2) is 17.5 Å². The molecule has 3 N–H and O–H groups in total. The molecule has 0 bridgehead atoms. The first-order chi connectivity index (χ1) is 13.7. The predicted octanol–water partition coefficient (Wildman–Crippen LogP) is 3.88. The molecule has 0 radical (unpaired) electrons. The molecule has 0 spiro atoms. The van der Waals surface area contributed by atoms with Crippen LogP contribution in [0.15, 0.2) is 60.1 Å². The standard InChI is InChI=1S/C22H29N3O3.HI/c1-4-15-28-19-11-7-6-9-18(19)16-25-22(23-5-2)24-14-13-17-10-8-12-20(27-3)21(17)26;/h4,6-12,26H,1,5,13-16H2,2-3H3,(H2,23,24,25);1H. The number of nitrogens with one attached hydrogen (secondary N) is 2. The third kappa shape index (κ3) is 7.84. The van der Waals surface area contributed by atoms with Gasteiger partial charge >= 0.3 is 0 Å². The molecule has 0 atom stereocenters. The zero-order chi connectivity index (χ0) is 20.2. The van der Waals surface area contributed by atoms with Crippen LogP contribution < -0.4 is 20.1 Å². The zero-order valence-corrected chi connectivity index (χ0v) is 19.3. The van der Waals surface area contributed by atoms with Gasteiger partial charge in [-0.1, -0.05) is 43.0 Å². The van der Waals surface area contributed by atoms with Gasteiger partial charge in [-0.25, -0.2) is 4.99 Å². The number of rotatable bonds is 10. The SMILES string of the molecule is C=CCOc1ccccc1CN=C(NCC)NCCc1cccc(OC)c1O.I. The van der Waals surface area contributed by atoms with E-state index in [1.807, 2.05) is 43.3 Å². The third-order valence-electron chi connectivity index (χ3n) is 4.07. The van der Waals surface area contributed by atoms with E-state index in [1.54, 1.807) is 19.3 Å². The smallest absolute Gasteiger partial charge is 0.191 e. The molecule has 0 heterocycles. The summed E-state index contributed by atoms with van der Waals surface area (Å²) in [6.07, 6.45) is 2.37. The quantitative estimate of drug-likeness (QED) is 0.196. The summed E-state index contributed by atoms with van der Waals surface area (Å²) in [4.78, 5) is 4.64. The lowest BCUT2D eigenvalue weighted by molar-refractivity contribution is 0.359. The fourth-order valence-corrected chi connectivity index (χ4v) is 2.68. The second kappa shape index (κ2) is 13.7. The number of ether oxygens (including phenoxy) is 2. The van der Waals surface area contributed by atoms with Crippen molar-refractivity contribution in [2.45, 2.75) is 19.9 Å². The molecule has 0 amide bonds. The highest BCUT2D eigenvalue weighted by Gasteiger charge is 2.08. The lowest BCUT2D eigenvalue weighted by Gasteiger charge is -2.13. The molecule has 0 saturated carbocycles. The van der Waals surface area contributed by atoms with E-state index >= 15 is 0 Å². The van der Waals surface area contributed by atoms with Crippen molar-refractivity contribution in [2.24, 2.45) is 4.99 Å². The molecule has 2 aromatic carbocycles. The van der Waals surface area contributed by atoms with Gasteiger partial charge in [-0.2, -0.15) is 0 Å². The summed E-state index contributed by atoms with van der Waals surface area (Å²) in [5.41, 5.74) is 1.83. The molecule has 2 aromatic rings. The van der Waals surface area contributed by atoms with Crippen molar-refractivity contribution in [3.8, 4) is 17.2 Å². The number of hydrogen-bond donors (Lipinski definition) is 3. The predicted molar refractivity (Wildman–Crippen MR) is 129 cm³/mol. The molecule has 29 heavy (non-hydrogen) atoms. The fraction of sp³-hybridized carbons (Fsp3) is 0.318. The van der Waals surface area contributed by atoms with Gasteiger partial charge in [0.2, 0.25) is 0 Å². The van der Waals surface area contributed by atoms with Crippen LogP contribution >= 0.6 is 24.0 Å². The largest absolute Gasteiger partial charge is 0.504 e. The number of nitrogens with zero attached hydrogens (tertiary/aromatic N) is 1. The maximum absolute atomic E-state index is 10.2. The molecule has 0 aliphatic rings. The molecule has 2 rings (SSSR count). The van der Waals surface area contributed by atoms with Crippen LogP contribution in [0, 0.1) is 0 Å². The molecule has 0 aromatic heterocycles. The lowest BCUT2D eigenvalue weighted by atomic mass is 10.1. The van der Waals surface area contributed by atoms with E-state index in [4.69, 9.17) is 9.47 Å². The molecular formula is C22H30IN3O3. The van der Waals surface area contributed by atoms with Crippen molar-refractivity contribution in [1.82, 2.24) is 10.6 Å². The van der Waals surface area contributed by atoms with Gasteiger partial charge in [0, 0.05) is 18.7 Å². The van der Waals surface area contributed by atoms with Crippen LogP contribution in [0.2, 0.25) is 0 Å². The van der Waals surface area contributed by atoms with Crippen molar-refractivity contribution < 1.29 is 14.6 Å². The minimum absolute atomic E-state index is 0. The highest BCUT2D eigenvalue weighted by molar-refractivity contribution is 14.0. The number of phenolic OH excluding ortho intramolecular Hbond substituents is 1. The maximum atomic E-state index is 10.2. The average Bonchev–Trinajstić information content (AvgIpc) is 2.72. The minimum atomic E-state index is 0. The van der Waals surface area contributed by atoms with E-state index in [0.717, 1.165) is 23.4 Å². The van der Waals surface area contributed by atoms with Crippen molar-refractivity contribution in [2.75, 3.05) is 26.8 Å². The van der Waals surface area contributed by atoms with Crippen molar-refractivity contribution in [3.05, 3.63) is 66.2 Å². The molecule has 0 aliphatic heterocycles. The number of aromatic hydroxyl groups is 1. The van der Waals surface area contributed by atoms with Gasteiger partial charge in [-0.05, 0) is 31.0 Å². The summed E-state index contributed by atoms with van der Waals surface area (Å²) in [6.45, 7) is 8.04. The topological polar surface area (TPSA) is 75.1 Å². The first kappa shape index (κ1) is 24.6. The Hall–Kier alpha value is -2.42. The Labute approximate surface area is 190 Å². The lowest BCUT2D eigenvalue weighted by Crippen LogP contribution is -2.38. The van der Waals surface area contributed by atoms with Crippen molar-refractivity contribution in [3.63, 3.8) is 0 Å². The average molecular weight is 511 g/mol. The molecule has 0 unspecified atom stereocenters. The van der Waals surface area contributed by atoms with E-state index in [0.29, 0.717) is 37.8 Å². The second-order valence-electron chi connectivity index (χ2n) is 6.05. The third-order valence-corrected chi connectivity index (χ3v) is 4.07. The van der Waals surface area contributed by atoms with E-state index in [-0.39, 0.29) is 29.7 Å². The fourth-order valence-electron chi connectivity index (χ4n) is 2.68. The van der Waals surface area contributed by atoms with Crippen LogP contribution in [0.4, 0.5) is 0 Å². The highest BCUT2D eigenvalue weighted by Crippen LogP contribution is 2.29. The summed E-state index contributed by atoms with van der Waals surface area (Å²) in [6, 6.07) is 13.3. The molecule has 7 heteroatoms. The van der Waals surface area contributed by atoms with Gasteiger partial charge < -0.3 is 25.2 Å². The van der Waals surface area contributed by atoms with Crippen LogP contribution in [0.3, 0.4) is 0 Å².